The SMILES string of the molecule is C=CCNC(=O)[C@@H](CC)Oc1ccc2c(c1)[C@H](c1ccc(C)cc1)N(C(=O)CC(C)C)CC2. The van der Waals surface area contributed by atoms with Crippen molar-refractivity contribution in [2.24, 2.45) is 5.92 Å². The molecule has 5 nitrogen and oxygen atoms in total. The number of amides is 2. The van der Waals surface area contributed by atoms with Crippen LogP contribution in [0.15, 0.2) is 55.1 Å². The van der Waals surface area contributed by atoms with Crippen LogP contribution in [0.25, 0.3) is 0 Å². The van der Waals surface area contributed by atoms with Gasteiger partial charge in [-0.15, -0.1) is 6.58 Å². The second kappa shape index (κ2) is 11.2. The first-order chi connectivity index (χ1) is 15.8. The van der Waals surface area contributed by atoms with Gasteiger partial charge in [-0.05, 0) is 54.5 Å². The lowest BCUT2D eigenvalue weighted by Crippen LogP contribution is -2.41. The first-order valence-electron chi connectivity index (χ1n) is 11.9. The standard InChI is InChI=1S/C28H36N2O3/c1-6-15-29-28(32)25(7-2)33-23-13-12-21-14-16-30(26(31)17-19(3)4)27(24(21)18-23)22-10-8-20(5)9-11-22/h6,8-13,18-19,25,27H,1,7,14-17H2,2-5H3,(H,29,32)/t25-,27+/m1/s1. The molecule has 0 radical (unpaired) electrons. The number of nitrogens with zero attached hydrogens (tertiary/aromatic N) is 1. The fourth-order valence-electron chi connectivity index (χ4n) is 4.28. The van der Waals surface area contributed by atoms with E-state index in [0.29, 0.717) is 37.6 Å². The van der Waals surface area contributed by atoms with Crippen molar-refractivity contribution < 1.29 is 14.3 Å². The Labute approximate surface area is 197 Å². The molecule has 2 amide bonds. The third-order valence-electron chi connectivity index (χ3n) is 6.00. The highest BCUT2D eigenvalue weighted by atomic mass is 16.5. The van der Waals surface area contributed by atoms with E-state index >= 15 is 0 Å². The van der Waals surface area contributed by atoms with Crippen molar-refractivity contribution in [1.29, 1.82) is 0 Å². The quantitative estimate of drug-likeness (QED) is 0.551. The fourth-order valence-corrected chi connectivity index (χ4v) is 4.28. The van der Waals surface area contributed by atoms with Gasteiger partial charge in [0.25, 0.3) is 5.91 Å². The van der Waals surface area contributed by atoms with Crippen LogP contribution in [0.3, 0.4) is 0 Å². The van der Waals surface area contributed by atoms with Gasteiger partial charge in [-0.25, -0.2) is 0 Å². The summed E-state index contributed by atoms with van der Waals surface area (Å²) in [4.78, 5) is 27.7. The van der Waals surface area contributed by atoms with Gasteiger partial charge >= 0.3 is 0 Å². The third kappa shape index (κ3) is 6.04. The van der Waals surface area contributed by atoms with Crippen LogP contribution < -0.4 is 10.1 Å². The van der Waals surface area contributed by atoms with E-state index in [-0.39, 0.29) is 17.9 Å². The number of hydrogen-bond acceptors (Lipinski definition) is 3. The summed E-state index contributed by atoms with van der Waals surface area (Å²) in [5.74, 6) is 0.956. The normalized spacial score (nSPS) is 16.2. The van der Waals surface area contributed by atoms with Crippen molar-refractivity contribution in [3.05, 3.63) is 77.4 Å². The van der Waals surface area contributed by atoms with Crippen LogP contribution >= 0.6 is 0 Å². The van der Waals surface area contributed by atoms with Crippen LogP contribution in [0.5, 0.6) is 5.75 Å². The molecule has 2 aromatic carbocycles. The van der Waals surface area contributed by atoms with Crippen LogP contribution in [0.4, 0.5) is 0 Å². The molecule has 1 aliphatic rings. The summed E-state index contributed by atoms with van der Waals surface area (Å²) < 4.78 is 6.10. The van der Waals surface area contributed by atoms with Crippen LogP contribution in [0, 0.1) is 12.8 Å². The minimum atomic E-state index is -0.580. The molecule has 0 saturated heterocycles. The Balaban J connectivity index is 1.97. The van der Waals surface area contributed by atoms with E-state index in [0.717, 1.165) is 17.5 Å². The topological polar surface area (TPSA) is 58.6 Å². The van der Waals surface area contributed by atoms with Gasteiger partial charge in [-0.2, -0.15) is 0 Å². The van der Waals surface area contributed by atoms with Crippen LogP contribution in [-0.2, 0) is 16.0 Å². The van der Waals surface area contributed by atoms with E-state index in [1.807, 2.05) is 24.0 Å². The lowest BCUT2D eigenvalue weighted by molar-refractivity contribution is -0.134. The summed E-state index contributed by atoms with van der Waals surface area (Å²) >= 11 is 0. The number of hydrogen-bond donors (Lipinski definition) is 1. The minimum absolute atomic E-state index is 0.154. The van der Waals surface area contributed by atoms with E-state index in [9.17, 15) is 9.59 Å². The van der Waals surface area contributed by atoms with Gasteiger partial charge in [-0.1, -0.05) is 62.7 Å². The number of nitrogens with one attached hydrogen (secondary N) is 1. The molecule has 0 spiro atoms. The molecule has 2 aromatic rings. The Morgan fingerprint density at radius 1 is 1.21 bits per heavy atom. The maximum Gasteiger partial charge on any atom is 0.261 e. The third-order valence-corrected chi connectivity index (χ3v) is 6.00. The summed E-state index contributed by atoms with van der Waals surface area (Å²) in [6.07, 6.45) is 2.95. The van der Waals surface area contributed by atoms with Crippen molar-refractivity contribution in [3.8, 4) is 5.75 Å². The number of fused-ring (bicyclic) bond motifs is 1. The molecular formula is C28H36N2O3. The van der Waals surface area contributed by atoms with Gasteiger partial charge in [0.1, 0.15) is 5.75 Å². The smallest absolute Gasteiger partial charge is 0.261 e. The minimum Gasteiger partial charge on any atom is -0.481 e. The van der Waals surface area contributed by atoms with Crippen LogP contribution in [-0.4, -0.2) is 35.9 Å². The number of benzene rings is 2. The summed E-state index contributed by atoms with van der Waals surface area (Å²) in [6, 6.07) is 14.2. The van der Waals surface area contributed by atoms with Crippen molar-refractivity contribution in [2.75, 3.05) is 13.1 Å². The molecule has 0 aliphatic carbocycles. The van der Waals surface area contributed by atoms with E-state index in [4.69, 9.17) is 4.74 Å². The summed E-state index contributed by atoms with van der Waals surface area (Å²) in [5, 5.41) is 2.81. The van der Waals surface area contributed by atoms with Gasteiger partial charge < -0.3 is 15.0 Å². The van der Waals surface area contributed by atoms with Crippen molar-refractivity contribution >= 4 is 11.8 Å². The lowest BCUT2D eigenvalue weighted by atomic mass is 9.87. The molecule has 0 fully saturated rings. The van der Waals surface area contributed by atoms with Crippen molar-refractivity contribution in [3.63, 3.8) is 0 Å². The Hall–Kier alpha value is -3.08. The molecule has 1 aliphatic heterocycles. The highest BCUT2D eigenvalue weighted by Gasteiger charge is 2.32. The van der Waals surface area contributed by atoms with E-state index in [1.54, 1.807) is 6.08 Å². The fraction of sp³-hybridized carbons (Fsp3) is 0.429. The highest BCUT2D eigenvalue weighted by Crippen LogP contribution is 2.38. The average Bonchev–Trinajstić information content (AvgIpc) is 2.80. The zero-order valence-corrected chi connectivity index (χ0v) is 20.3. The maximum atomic E-state index is 13.2. The predicted octanol–water partition coefficient (Wildman–Crippen LogP) is 4.97. The zero-order valence-electron chi connectivity index (χ0n) is 20.3. The summed E-state index contributed by atoms with van der Waals surface area (Å²) in [6.45, 7) is 12.9. The van der Waals surface area contributed by atoms with Gasteiger partial charge in [0, 0.05) is 19.5 Å². The molecule has 1 N–H and O–H groups in total. The molecule has 0 unspecified atom stereocenters. The van der Waals surface area contributed by atoms with Gasteiger partial charge in [0.15, 0.2) is 6.10 Å². The molecule has 2 atom stereocenters. The molecule has 33 heavy (non-hydrogen) atoms. The second-order valence-electron chi connectivity index (χ2n) is 9.16. The molecule has 3 rings (SSSR count). The maximum absolute atomic E-state index is 13.2. The number of rotatable bonds is 9. The molecule has 0 bridgehead atoms. The number of carbonyl (C=O) groups is 2. The molecule has 0 aromatic heterocycles. The monoisotopic (exact) mass is 448 g/mol. The van der Waals surface area contributed by atoms with Gasteiger partial charge in [-0.3, -0.25) is 9.59 Å². The van der Waals surface area contributed by atoms with E-state index in [1.165, 1.54) is 11.1 Å². The first-order valence-corrected chi connectivity index (χ1v) is 11.9. The van der Waals surface area contributed by atoms with Crippen LogP contribution in [0.2, 0.25) is 0 Å². The molecule has 176 valence electrons. The highest BCUT2D eigenvalue weighted by molar-refractivity contribution is 5.81. The Morgan fingerprint density at radius 2 is 1.94 bits per heavy atom. The molecule has 1 heterocycles. The van der Waals surface area contributed by atoms with Crippen molar-refractivity contribution in [1.82, 2.24) is 10.2 Å². The van der Waals surface area contributed by atoms with E-state index < -0.39 is 6.10 Å². The first kappa shape index (κ1) is 24.6. The summed E-state index contributed by atoms with van der Waals surface area (Å²) in [7, 11) is 0. The van der Waals surface area contributed by atoms with Crippen LogP contribution in [0.1, 0.15) is 61.9 Å². The largest absolute Gasteiger partial charge is 0.481 e. The van der Waals surface area contributed by atoms with Gasteiger partial charge in [0.05, 0.1) is 6.04 Å². The molecule has 0 saturated carbocycles. The Bertz CT molecular complexity index is 981. The Kier molecular flexibility index (Phi) is 8.32. The lowest BCUT2D eigenvalue weighted by Gasteiger charge is -2.38. The zero-order chi connectivity index (χ0) is 24.0. The number of aryl methyl sites for hydroxylation is 1. The Morgan fingerprint density at radius 3 is 2.58 bits per heavy atom. The van der Waals surface area contributed by atoms with Gasteiger partial charge in [0.2, 0.25) is 5.91 Å². The van der Waals surface area contributed by atoms with E-state index in [2.05, 4.69) is 63.0 Å². The predicted molar refractivity (Wildman–Crippen MR) is 132 cm³/mol. The average molecular weight is 449 g/mol. The number of ether oxygens (including phenoxy) is 1. The summed E-state index contributed by atoms with van der Waals surface area (Å²) in [5.41, 5.74) is 4.56. The second-order valence-corrected chi connectivity index (χ2v) is 9.16. The molecular weight excluding hydrogens is 412 g/mol. The molecule has 5 heteroatoms. The van der Waals surface area contributed by atoms with Crippen molar-refractivity contribution in [2.45, 2.75) is 59.1 Å². The number of carbonyl (C=O) groups excluding carboxylic acids is 2.